The number of ether oxygens (including phenoxy) is 1. The molecule has 2 aliphatic rings. The number of thioether (sulfide) groups is 1. The summed E-state index contributed by atoms with van der Waals surface area (Å²) < 4.78 is 5.77. The summed E-state index contributed by atoms with van der Waals surface area (Å²) in [5, 5.41) is 5.60. The molecule has 0 saturated heterocycles. The van der Waals surface area contributed by atoms with Gasteiger partial charge >= 0.3 is 0 Å². The number of amides is 1. The van der Waals surface area contributed by atoms with Crippen molar-refractivity contribution in [3.8, 4) is 0 Å². The van der Waals surface area contributed by atoms with Gasteiger partial charge in [0.2, 0.25) is 5.91 Å². The van der Waals surface area contributed by atoms with Crippen molar-refractivity contribution < 1.29 is 9.53 Å². The lowest BCUT2D eigenvalue weighted by Gasteiger charge is -2.31. The number of nitrogens with one attached hydrogen (secondary N) is 1. The third-order valence-electron chi connectivity index (χ3n) is 5.91. The summed E-state index contributed by atoms with van der Waals surface area (Å²) in [6.07, 6.45) is 7.70. The van der Waals surface area contributed by atoms with E-state index < -0.39 is 0 Å². The van der Waals surface area contributed by atoms with Crippen LogP contribution in [-0.2, 0) is 16.0 Å². The molecule has 1 aliphatic carbocycles. The average molecular weight is 386 g/mol. The molecule has 4 unspecified atom stereocenters. The second-order valence-corrected chi connectivity index (χ2v) is 8.82. The molecule has 1 saturated carbocycles. The van der Waals surface area contributed by atoms with Crippen molar-refractivity contribution in [2.45, 2.75) is 56.4 Å². The first-order valence-electron chi connectivity index (χ1n) is 9.98. The molecule has 4 atom stereocenters. The fraction of sp³-hybridized carbons (Fsp3) is 0.522. The Morgan fingerprint density at radius 3 is 2.59 bits per heavy atom. The summed E-state index contributed by atoms with van der Waals surface area (Å²) in [6.45, 7) is 6.19. The van der Waals surface area contributed by atoms with Gasteiger partial charge in [0.1, 0.15) is 0 Å². The number of hydrogen-bond donors (Lipinski definition) is 1. The van der Waals surface area contributed by atoms with E-state index in [9.17, 15) is 4.79 Å². The highest BCUT2D eigenvalue weighted by molar-refractivity contribution is 8.03. The maximum atomic E-state index is 13.1. The van der Waals surface area contributed by atoms with E-state index in [2.05, 4.69) is 35.5 Å². The van der Waals surface area contributed by atoms with Gasteiger partial charge < -0.3 is 10.1 Å². The molecule has 3 rings (SSSR count). The van der Waals surface area contributed by atoms with Gasteiger partial charge in [0.05, 0.1) is 17.3 Å². The van der Waals surface area contributed by atoms with Gasteiger partial charge in [0, 0.05) is 13.2 Å². The molecular weight excluding hydrogens is 354 g/mol. The number of rotatable bonds is 8. The average Bonchev–Trinajstić information content (AvgIpc) is 3.34. The maximum Gasteiger partial charge on any atom is 0.225 e. The molecule has 0 aromatic heterocycles. The van der Waals surface area contributed by atoms with Gasteiger partial charge in [-0.15, -0.1) is 11.8 Å². The van der Waals surface area contributed by atoms with E-state index >= 15 is 0 Å². The molecule has 4 heteroatoms. The fourth-order valence-electron chi connectivity index (χ4n) is 4.40. The highest BCUT2D eigenvalue weighted by Crippen LogP contribution is 2.34. The lowest BCUT2D eigenvalue weighted by molar-refractivity contribution is -0.131. The van der Waals surface area contributed by atoms with Crippen LogP contribution in [0.1, 0.15) is 38.2 Å². The zero-order chi connectivity index (χ0) is 19.2. The molecule has 1 aliphatic heterocycles. The summed E-state index contributed by atoms with van der Waals surface area (Å²) in [6, 6.07) is 10.4. The molecule has 1 aromatic carbocycles. The molecule has 27 heavy (non-hydrogen) atoms. The molecule has 1 fully saturated rings. The minimum atomic E-state index is -0.149. The summed E-state index contributed by atoms with van der Waals surface area (Å²) in [4.78, 5) is 13.1. The Kier molecular flexibility index (Phi) is 7.20. The second kappa shape index (κ2) is 9.61. The first kappa shape index (κ1) is 20.2. The highest BCUT2D eigenvalue weighted by Gasteiger charge is 2.35. The van der Waals surface area contributed by atoms with Gasteiger partial charge in [-0.3, -0.25) is 4.79 Å². The number of allylic oxidation sites excluding steroid dienone is 1. The smallest absolute Gasteiger partial charge is 0.225 e. The lowest BCUT2D eigenvalue weighted by Crippen LogP contribution is -2.48. The minimum Gasteiger partial charge on any atom is -0.380 e. The van der Waals surface area contributed by atoms with Crippen LogP contribution in [0.2, 0.25) is 0 Å². The third-order valence-corrected chi connectivity index (χ3v) is 7.12. The van der Waals surface area contributed by atoms with Gasteiger partial charge in [0.25, 0.3) is 0 Å². The van der Waals surface area contributed by atoms with Gasteiger partial charge in [-0.05, 0) is 41.7 Å². The SMILES string of the molecule is C=C1C=CSC1C(Cc1ccccc1)NC(=O)C(C)C(OC)C1CCCC1. The van der Waals surface area contributed by atoms with E-state index in [4.69, 9.17) is 4.74 Å². The molecule has 0 radical (unpaired) electrons. The summed E-state index contributed by atoms with van der Waals surface area (Å²) >= 11 is 1.74. The van der Waals surface area contributed by atoms with Crippen LogP contribution in [0, 0.1) is 11.8 Å². The Morgan fingerprint density at radius 2 is 2.00 bits per heavy atom. The van der Waals surface area contributed by atoms with Crippen LogP contribution in [0.3, 0.4) is 0 Å². The van der Waals surface area contributed by atoms with Gasteiger partial charge in [-0.1, -0.05) is 62.8 Å². The van der Waals surface area contributed by atoms with E-state index in [0.717, 1.165) is 12.0 Å². The van der Waals surface area contributed by atoms with Crippen LogP contribution in [-0.4, -0.2) is 30.4 Å². The molecule has 146 valence electrons. The molecule has 0 bridgehead atoms. The molecule has 0 spiro atoms. The van der Waals surface area contributed by atoms with Crippen molar-refractivity contribution >= 4 is 17.7 Å². The van der Waals surface area contributed by atoms with E-state index in [1.54, 1.807) is 18.9 Å². The van der Waals surface area contributed by atoms with Crippen molar-refractivity contribution in [3.05, 3.63) is 59.5 Å². The van der Waals surface area contributed by atoms with E-state index in [0.29, 0.717) is 5.92 Å². The Morgan fingerprint density at radius 1 is 1.30 bits per heavy atom. The Balaban J connectivity index is 1.70. The van der Waals surface area contributed by atoms with Crippen LogP contribution in [0.5, 0.6) is 0 Å². The van der Waals surface area contributed by atoms with Crippen LogP contribution in [0.4, 0.5) is 0 Å². The zero-order valence-corrected chi connectivity index (χ0v) is 17.2. The Labute approximate surface area is 167 Å². The number of methoxy groups -OCH3 is 1. The molecule has 3 nitrogen and oxygen atoms in total. The van der Waals surface area contributed by atoms with Gasteiger partial charge in [-0.25, -0.2) is 0 Å². The second-order valence-electron chi connectivity index (χ2n) is 7.77. The van der Waals surface area contributed by atoms with Crippen LogP contribution in [0.15, 0.2) is 54.0 Å². The molecule has 1 N–H and O–H groups in total. The van der Waals surface area contributed by atoms with E-state index in [1.807, 2.05) is 25.1 Å². The van der Waals surface area contributed by atoms with Crippen molar-refractivity contribution in [2.75, 3.05) is 7.11 Å². The van der Waals surface area contributed by atoms with E-state index in [1.165, 1.54) is 31.2 Å². The number of benzene rings is 1. The molecule has 1 heterocycles. The predicted molar refractivity (Wildman–Crippen MR) is 114 cm³/mol. The quantitative estimate of drug-likeness (QED) is 0.702. The first-order chi connectivity index (χ1) is 13.1. The number of carbonyl (C=O) groups excluding carboxylic acids is 1. The highest BCUT2D eigenvalue weighted by atomic mass is 32.2. The number of hydrogen-bond acceptors (Lipinski definition) is 3. The monoisotopic (exact) mass is 385 g/mol. The maximum absolute atomic E-state index is 13.1. The lowest BCUT2D eigenvalue weighted by atomic mass is 9.89. The fourth-order valence-corrected chi connectivity index (χ4v) is 5.43. The number of carbonyl (C=O) groups is 1. The Hall–Kier alpha value is -1.52. The van der Waals surface area contributed by atoms with Crippen LogP contribution in [0.25, 0.3) is 0 Å². The van der Waals surface area contributed by atoms with Crippen molar-refractivity contribution in [1.29, 1.82) is 0 Å². The minimum absolute atomic E-state index is 0.00225. The van der Waals surface area contributed by atoms with Crippen molar-refractivity contribution in [1.82, 2.24) is 5.32 Å². The topological polar surface area (TPSA) is 38.3 Å². The summed E-state index contributed by atoms with van der Waals surface area (Å²) in [5.41, 5.74) is 2.31. The van der Waals surface area contributed by atoms with Gasteiger partial charge in [0.15, 0.2) is 0 Å². The predicted octanol–water partition coefficient (Wildman–Crippen LogP) is 4.74. The van der Waals surface area contributed by atoms with Crippen molar-refractivity contribution in [2.24, 2.45) is 11.8 Å². The molecule has 1 amide bonds. The molecular formula is C23H31NO2S. The van der Waals surface area contributed by atoms with Crippen molar-refractivity contribution in [3.63, 3.8) is 0 Å². The first-order valence-corrected chi connectivity index (χ1v) is 10.9. The summed E-state index contributed by atoms with van der Waals surface area (Å²) in [7, 11) is 1.74. The van der Waals surface area contributed by atoms with Gasteiger partial charge in [-0.2, -0.15) is 0 Å². The zero-order valence-electron chi connectivity index (χ0n) is 16.4. The van der Waals surface area contributed by atoms with Crippen LogP contribution >= 0.6 is 11.8 Å². The summed E-state index contributed by atoms with van der Waals surface area (Å²) in [5.74, 6) is 0.444. The largest absolute Gasteiger partial charge is 0.380 e. The van der Waals surface area contributed by atoms with Crippen LogP contribution < -0.4 is 5.32 Å². The standard InChI is InChI=1S/C23H31NO2S/c1-16-13-14-27-22(16)20(15-18-9-5-4-6-10-18)24-23(25)17(2)21(26-3)19-11-7-8-12-19/h4-6,9-10,13-14,17,19-22H,1,7-8,11-12,15H2,2-3H3,(H,24,25). The molecule has 1 aromatic rings. The Bertz CT molecular complexity index is 666. The van der Waals surface area contributed by atoms with E-state index in [-0.39, 0.29) is 29.2 Å². The third kappa shape index (κ3) is 5.05. The normalized spacial score (nSPS) is 23.3.